The molecule has 0 bridgehead atoms. The Labute approximate surface area is 308 Å². The molecule has 0 aromatic carbocycles. The highest BCUT2D eigenvalue weighted by molar-refractivity contribution is 5.71. The number of esters is 3. The van der Waals surface area contributed by atoms with E-state index in [0.29, 0.717) is 19.3 Å². The van der Waals surface area contributed by atoms with Crippen LogP contribution in [0.15, 0.2) is 24.3 Å². The van der Waals surface area contributed by atoms with Gasteiger partial charge in [-0.05, 0) is 72.0 Å². The van der Waals surface area contributed by atoms with Crippen molar-refractivity contribution >= 4 is 17.9 Å². The van der Waals surface area contributed by atoms with Crippen molar-refractivity contribution in [1.82, 2.24) is 4.90 Å². The second-order valence-corrected chi connectivity index (χ2v) is 14.4. The predicted octanol–water partition coefficient (Wildman–Crippen LogP) is 11.6. The van der Waals surface area contributed by atoms with Crippen LogP contribution in [0.3, 0.4) is 0 Å². The summed E-state index contributed by atoms with van der Waals surface area (Å²) in [6.45, 7) is 5.08. The van der Waals surface area contributed by atoms with E-state index < -0.39 is 6.10 Å². The van der Waals surface area contributed by atoms with Crippen molar-refractivity contribution < 1.29 is 28.6 Å². The highest BCUT2D eigenvalue weighted by Crippen LogP contribution is 2.14. The summed E-state index contributed by atoms with van der Waals surface area (Å²) in [4.78, 5) is 39.3. The van der Waals surface area contributed by atoms with Crippen molar-refractivity contribution in [2.75, 3.05) is 33.9 Å². The lowest BCUT2D eigenvalue weighted by atomic mass is 10.0. The molecule has 0 rings (SSSR count). The van der Waals surface area contributed by atoms with Crippen LogP contribution in [0.2, 0.25) is 0 Å². The summed E-state index contributed by atoms with van der Waals surface area (Å²) in [6.07, 6.45) is 38.6. The molecule has 1 unspecified atom stereocenters. The average Bonchev–Trinajstić information content (AvgIpc) is 3.09. The Morgan fingerprint density at radius 1 is 0.480 bits per heavy atom. The van der Waals surface area contributed by atoms with E-state index in [4.69, 9.17) is 14.2 Å². The highest BCUT2D eigenvalue weighted by Gasteiger charge is 2.19. The molecule has 7 nitrogen and oxygen atoms in total. The van der Waals surface area contributed by atoms with Crippen LogP contribution in [-0.4, -0.2) is 62.8 Å². The lowest BCUT2D eigenvalue weighted by molar-refractivity contribution is -0.167. The molecule has 0 radical (unpaired) electrons. The van der Waals surface area contributed by atoms with E-state index in [1.807, 2.05) is 19.0 Å². The molecular weight excluding hydrogens is 626 g/mol. The van der Waals surface area contributed by atoms with Gasteiger partial charge in [0, 0.05) is 19.3 Å². The van der Waals surface area contributed by atoms with Crippen LogP contribution in [0.25, 0.3) is 0 Å². The summed E-state index contributed by atoms with van der Waals surface area (Å²) < 4.78 is 16.5. The fraction of sp³-hybridized carbons (Fsp3) is 0.837. The van der Waals surface area contributed by atoms with Crippen LogP contribution < -0.4 is 0 Å². The van der Waals surface area contributed by atoms with Crippen molar-refractivity contribution in [3.05, 3.63) is 24.3 Å². The number of rotatable bonds is 37. The molecule has 0 saturated carbocycles. The molecule has 0 aliphatic heterocycles. The van der Waals surface area contributed by atoms with Crippen molar-refractivity contribution in [2.24, 2.45) is 0 Å². The molecule has 292 valence electrons. The Morgan fingerprint density at radius 3 is 1.32 bits per heavy atom. The third kappa shape index (κ3) is 37.1. The molecule has 0 aromatic rings. The van der Waals surface area contributed by atoms with Gasteiger partial charge in [0.15, 0.2) is 6.10 Å². The highest BCUT2D eigenvalue weighted by atomic mass is 16.6. The van der Waals surface area contributed by atoms with Gasteiger partial charge in [-0.25, -0.2) is 0 Å². The first-order valence-corrected chi connectivity index (χ1v) is 20.8. The molecule has 0 spiro atoms. The number of nitrogens with zero attached hydrogens (tertiary/aromatic N) is 1. The van der Waals surface area contributed by atoms with Gasteiger partial charge in [0.2, 0.25) is 0 Å². The first-order chi connectivity index (χ1) is 24.4. The summed E-state index contributed by atoms with van der Waals surface area (Å²) in [5.41, 5.74) is 0. The van der Waals surface area contributed by atoms with E-state index in [1.54, 1.807) is 0 Å². The van der Waals surface area contributed by atoms with E-state index in [-0.39, 0.29) is 37.5 Å². The molecule has 0 saturated heterocycles. The van der Waals surface area contributed by atoms with Crippen LogP contribution in [0.1, 0.15) is 194 Å². The van der Waals surface area contributed by atoms with Gasteiger partial charge in [0.1, 0.15) is 13.2 Å². The number of ether oxygens (including phenoxy) is 3. The molecule has 0 N–H and O–H groups in total. The quantitative estimate of drug-likeness (QED) is 0.0275. The third-order valence-corrected chi connectivity index (χ3v) is 8.96. The number of hydrogen-bond donors (Lipinski definition) is 0. The summed E-state index contributed by atoms with van der Waals surface area (Å²) in [5, 5.41) is 0. The monoisotopic (exact) mass is 706 g/mol. The van der Waals surface area contributed by atoms with Crippen LogP contribution in [0.4, 0.5) is 0 Å². The minimum Gasteiger partial charge on any atom is -0.462 e. The average molecular weight is 706 g/mol. The van der Waals surface area contributed by atoms with E-state index in [9.17, 15) is 14.4 Å². The normalized spacial score (nSPS) is 12.3. The lowest BCUT2D eigenvalue weighted by Crippen LogP contribution is -2.31. The number of carbonyl (C=O) groups excluding carboxylic acids is 3. The number of carbonyl (C=O) groups is 3. The van der Waals surface area contributed by atoms with Gasteiger partial charge in [-0.1, -0.05) is 147 Å². The third-order valence-electron chi connectivity index (χ3n) is 8.96. The summed E-state index contributed by atoms with van der Waals surface area (Å²) >= 11 is 0. The number of hydrogen-bond acceptors (Lipinski definition) is 7. The molecule has 1 atom stereocenters. The zero-order chi connectivity index (χ0) is 36.8. The summed E-state index contributed by atoms with van der Waals surface area (Å²) in [5.74, 6) is -0.963. The topological polar surface area (TPSA) is 82.1 Å². The van der Waals surface area contributed by atoms with Gasteiger partial charge in [-0.2, -0.15) is 0 Å². The fourth-order valence-corrected chi connectivity index (χ4v) is 5.78. The number of unbranched alkanes of at least 4 members (excludes halogenated alkanes) is 20. The molecule has 0 heterocycles. The molecule has 0 fully saturated rings. The van der Waals surface area contributed by atoms with Crippen LogP contribution in [0, 0.1) is 0 Å². The smallest absolute Gasteiger partial charge is 0.306 e. The van der Waals surface area contributed by atoms with E-state index >= 15 is 0 Å². The number of allylic oxidation sites excluding steroid dienone is 4. The maximum atomic E-state index is 12.4. The van der Waals surface area contributed by atoms with Crippen molar-refractivity contribution in [3.63, 3.8) is 0 Å². The van der Waals surface area contributed by atoms with E-state index in [0.717, 1.165) is 64.3 Å². The lowest BCUT2D eigenvalue weighted by Gasteiger charge is -2.18. The predicted molar refractivity (Wildman–Crippen MR) is 209 cm³/mol. The molecule has 7 heteroatoms. The van der Waals surface area contributed by atoms with Gasteiger partial charge >= 0.3 is 17.9 Å². The van der Waals surface area contributed by atoms with Crippen molar-refractivity contribution in [1.29, 1.82) is 0 Å². The van der Waals surface area contributed by atoms with Gasteiger partial charge in [-0.15, -0.1) is 0 Å². The van der Waals surface area contributed by atoms with Crippen LogP contribution in [0.5, 0.6) is 0 Å². The van der Waals surface area contributed by atoms with Gasteiger partial charge in [0.05, 0.1) is 0 Å². The Kier molecular flexibility index (Phi) is 36.5. The largest absolute Gasteiger partial charge is 0.462 e. The SMILES string of the molecule is CCCCC/C=C\C/C=C\CCCCCCCC(=O)OCC(COC(=O)CCCCCCCCCCCCCCC)OC(=O)CCCN(C)C. The molecule has 0 aromatic heterocycles. The minimum absolute atomic E-state index is 0.0896. The first kappa shape index (κ1) is 47.8. The molecule has 0 amide bonds. The molecular formula is C43H79NO6. The Balaban J connectivity index is 4.17. The second-order valence-electron chi connectivity index (χ2n) is 14.4. The molecule has 50 heavy (non-hydrogen) atoms. The van der Waals surface area contributed by atoms with Crippen molar-refractivity contribution in [2.45, 2.75) is 200 Å². The van der Waals surface area contributed by atoms with Crippen molar-refractivity contribution in [3.8, 4) is 0 Å². The second kappa shape index (κ2) is 38.1. The van der Waals surface area contributed by atoms with E-state index in [2.05, 4.69) is 38.2 Å². The first-order valence-electron chi connectivity index (χ1n) is 20.8. The Bertz CT molecular complexity index is 839. The zero-order valence-electron chi connectivity index (χ0n) is 33.2. The van der Waals surface area contributed by atoms with Gasteiger partial charge in [-0.3, -0.25) is 14.4 Å². The van der Waals surface area contributed by atoms with Crippen LogP contribution >= 0.6 is 0 Å². The standard InChI is InChI=1S/C43H79NO6/c1-5-7-9-11-13-15-17-19-20-22-24-26-28-30-32-35-42(46)49-39-40(50-43(47)36-33-37-44(3)4)38-48-41(45)34-31-29-27-25-23-21-18-16-14-12-10-8-6-2/h13,15,19-20,40H,5-12,14,16-18,21-39H2,1-4H3/b15-13-,20-19-. The van der Waals surface area contributed by atoms with E-state index in [1.165, 1.54) is 96.3 Å². The Hall–Kier alpha value is -2.15. The van der Waals surface area contributed by atoms with Crippen LogP contribution in [-0.2, 0) is 28.6 Å². The molecule has 0 aliphatic rings. The summed E-state index contributed by atoms with van der Waals surface area (Å²) in [7, 11) is 3.91. The van der Waals surface area contributed by atoms with Gasteiger partial charge in [0.25, 0.3) is 0 Å². The summed E-state index contributed by atoms with van der Waals surface area (Å²) in [6, 6.07) is 0. The maximum Gasteiger partial charge on any atom is 0.306 e. The fourth-order valence-electron chi connectivity index (χ4n) is 5.78. The molecule has 0 aliphatic carbocycles. The van der Waals surface area contributed by atoms with Gasteiger partial charge < -0.3 is 19.1 Å². The maximum absolute atomic E-state index is 12.4. The zero-order valence-corrected chi connectivity index (χ0v) is 33.2. The Morgan fingerprint density at radius 2 is 0.860 bits per heavy atom. The minimum atomic E-state index is -0.786.